The summed E-state index contributed by atoms with van der Waals surface area (Å²) in [6, 6.07) is 13.0. The Kier molecular flexibility index (Phi) is 7.72. The van der Waals surface area contributed by atoms with Gasteiger partial charge in [-0.2, -0.15) is 5.10 Å². The molecule has 0 fully saturated rings. The Morgan fingerprint density at radius 3 is 2.17 bits per heavy atom. The van der Waals surface area contributed by atoms with Crippen LogP contribution in [0.25, 0.3) is 0 Å². The Labute approximate surface area is 167 Å². The van der Waals surface area contributed by atoms with Crippen LogP contribution in [-0.2, 0) is 9.59 Å². The van der Waals surface area contributed by atoms with Gasteiger partial charge in [-0.1, -0.05) is 0 Å². The Hall–Kier alpha value is -3.88. The minimum Gasteiger partial charge on any atom is -0.497 e. The molecule has 2 rings (SSSR count). The van der Waals surface area contributed by atoms with Crippen LogP contribution in [0.4, 0.5) is 5.69 Å². The van der Waals surface area contributed by atoms with Gasteiger partial charge < -0.3 is 20.5 Å². The molecule has 0 atom stereocenters. The van der Waals surface area contributed by atoms with Crippen molar-refractivity contribution in [3.8, 4) is 11.5 Å². The number of hydrogen-bond donors (Lipinski definition) is 3. The van der Waals surface area contributed by atoms with E-state index in [1.54, 1.807) is 50.4 Å². The number of hydrazone groups is 1. The Morgan fingerprint density at radius 2 is 1.59 bits per heavy atom. The van der Waals surface area contributed by atoms with Crippen molar-refractivity contribution < 1.29 is 23.9 Å². The first kappa shape index (κ1) is 21.4. The van der Waals surface area contributed by atoms with Crippen molar-refractivity contribution in [3.05, 3.63) is 54.1 Å². The van der Waals surface area contributed by atoms with Crippen LogP contribution in [0.5, 0.6) is 11.5 Å². The summed E-state index contributed by atoms with van der Waals surface area (Å²) < 4.78 is 10.4. The fourth-order valence-electron chi connectivity index (χ4n) is 2.21. The molecule has 4 N–H and O–H groups in total. The Morgan fingerprint density at radius 1 is 0.966 bits per heavy atom. The number of carbonyl (C=O) groups is 3. The number of ether oxygens (including phenoxy) is 2. The molecule has 2 aromatic carbocycles. The molecule has 152 valence electrons. The van der Waals surface area contributed by atoms with E-state index in [0.29, 0.717) is 28.5 Å². The second kappa shape index (κ2) is 10.5. The lowest BCUT2D eigenvalue weighted by molar-refractivity contribution is -0.123. The van der Waals surface area contributed by atoms with Crippen LogP contribution in [-0.4, -0.2) is 37.1 Å². The first-order valence-corrected chi connectivity index (χ1v) is 8.66. The molecule has 0 bridgehead atoms. The standard InChI is InChI=1S/C20H22N4O5/c1-13(11-18(25)22-15-5-3-14(4-6-15)20(21)27)23-24-19(26)12-29-17-9-7-16(28-2)8-10-17/h3-10H,11-12H2,1-2H3,(H2,21,27)(H,22,25)(H,24,26). The molecule has 0 aliphatic heterocycles. The van der Waals surface area contributed by atoms with Crippen LogP contribution in [0.2, 0.25) is 0 Å². The predicted octanol–water partition coefficient (Wildman–Crippen LogP) is 1.69. The fraction of sp³-hybridized carbons (Fsp3) is 0.200. The summed E-state index contributed by atoms with van der Waals surface area (Å²) in [6.07, 6.45) is -0.0167. The zero-order valence-electron chi connectivity index (χ0n) is 16.1. The number of rotatable bonds is 9. The van der Waals surface area contributed by atoms with Crippen molar-refractivity contribution >= 4 is 29.1 Å². The molecule has 2 aromatic rings. The van der Waals surface area contributed by atoms with Crippen molar-refractivity contribution in [1.29, 1.82) is 0 Å². The first-order valence-electron chi connectivity index (χ1n) is 8.66. The summed E-state index contributed by atoms with van der Waals surface area (Å²) in [4.78, 5) is 34.9. The highest BCUT2D eigenvalue weighted by Crippen LogP contribution is 2.16. The van der Waals surface area contributed by atoms with Gasteiger partial charge in [-0.3, -0.25) is 14.4 Å². The lowest BCUT2D eigenvalue weighted by atomic mass is 10.2. The van der Waals surface area contributed by atoms with Gasteiger partial charge in [0.25, 0.3) is 5.91 Å². The van der Waals surface area contributed by atoms with Crippen molar-refractivity contribution in [3.63, 3.8) is 0 Å². The van der Waals surface area contributed by atoms with E-state index in [1.807, 2.05) is 0 Å². The highest BCUT2D eigenvalue weighted by atomic mass is 16.5. The van der Waals surface area contributed by atoms with E-state index >= 15 is 0 Å². The number of nitrogens with two attached hydrogens (primary N) is 1. The third-order valence-corrected chi connectivity index (χ3v) is 3.67. The third kappa shape index (κ3) is 7.33. The highest BCUT2D eigenvalue weighted by molar-refractivity contribution is 6.06. The van der Waals surface area contributed by atoms with Gasteiger partial charge in [0, 0.05) is 17.0 Å². The topological polar surface area (TPSA) is 132 Å². The molecule has 0 aliphatic carbocycles. The van der Waals surface area contributed by atoms with Gasteiger partial charge in [-0.15, -0.1) is 0 Å². The van der Waals surface area contributed by atoms with Crippen LogP contribution in [0.3, 0.4) is 0 Å². The number of nitrogens with zero attached hydrogens (tertiary/aromatic N) is 1. The first-order chi connectivity index (χ1) is 13.9. The quantitative estimate of drug-likeness (QED) is 0.437. The third-order valence-electron chi connectivity index (χ3n) is 3.67. The predicted molar refractivity (Wildman–Crippen MR) is 108 cm³/mol. The summed E-state index contributed by atoms with van der Waals surface area (Å²) in [6.45, 7) is 1.39. The number of hydrogen-bond acceptors (Lipinski definition) is 6. The number of methoxy groups -OCH3 is 1. The number of primary amides is 1. The highest BCUT2D eigenvalue weighted by Gasteiger charge is 2.07. The van der Waals surface area contributed by atoms with E-state index in [4.69, 9.17) is 15.2 Å². The Bertz CT molecular complexity index is 892. The summed E-state index contributed by atoms with van der Waals surface area (Å²) in [5, 5.41) is 6.54. The lowest BCUT2D eigenvalue weighted by Gasteiger charge is -2.07. The monoisotopic (exact) mass is 398 g/mol. The van der Waals surface area contributed by atoms with Gasteiger partial charge in [0.05, 0.1) is 13.5 Å². The van der Waals surface area contributed by atoms with Gasteiger partial charge in [-0.05, 0) is 55.5 Å². The van der Waals surface area contributed by atoms with Crippen LogP contribution < -0.4 is 25.9 Å². The minimum atomic E-state index is -0.544. The Balaban J connectivity index is 1.75. The summed E-state index contributed by atoms with van der Waals surface area (Å²) in [7, 11) is 1.56. The normalized spacial score (nSPS) is 10.8. The lowest BCUT2D eigenvalue weighted by Crippen LogP contribution is -2.26. The molecule has 0 aromatic heterocycles. The zero-order valence-corrected chi connectivity index (χ0v) is 16.1. The van der Waals surface area contributed by atoms with Crippen molar-refractivity contribution in [2.45, 2.75) is 13.3 Å². The molecule has 0 radical (unpaired) electrons. The number of nitrogens with one attached hydrogen (secondary N) is 2. The summed E-state index contributed by atoms with van der Waals surface area (Å²) in [5.74, 6) is -0.116. The number of amides is 3. The van der Waals surface area contributed by atoms with Crippen LogP contribution in [0.15, 0.2) is 53.6 Å². The number of anilines is 1. The molecule has 0 heterocycles. The SMILES string of the molecule is COc1ccc(OCC(=O)NN=C(C)CC(=O)Nc2ccc(C(N)=O)cc2)cc1. The van der Waals surface area contributed by atoms with E-state index in [9.17, 15) is 14.4 Å². The van der Waals surface area contributed by atoms with Crippen molar-refractivity contribution in [2.24, 2.45) is 10.8 Å². The molecule has 0 aliphatic rings. The average Bonchev–Trinajstić information content (AvgIpc) is 2.71. The van der Waals surface area contributed by atoms with Crippen molar-refractivity contribution in [2.75, 3.05) is 19.0 Å². The van der Waals surface area contributed by atoms with Gasteiger partial charge in [0.2, 0.25) is 11.8 Å². The van der Waals surface area contributed by atoms with Crippen LogP contribution in [0.1, 0.15) is 23.7 Å². The molecule has 9 heteroatoms. The van der Waals surface area contributed by atoms with E-state index in [1.165, 1.54) is 12.1 Å². The maximum Gasteiger partial charge on any atom is 0.277 e. The molecule has 9 nitrogen and oxygen atoms in total. The number of carbonyl (C=O) groups excluding carboxylic acids is 3. The summed E-state index contributed by atoms with van der Waals surface area (Å²) in [5.41, 5.74) is 8.77. The molecular formula is C20H22N4O5. The molecule has 0 saturated heterocycles. The minimum absolute atomic E-state index is 0.0167. The van der Waals surface area contributed by atoms with Gasteiger partial charge >= 0.3 is 0 Å². The maximum atomic E-state index is 12.0. The largest absolute Gasteiger partial charge is 0.497 e. The van der Waals surface area contributed by atoms with Crippen LogP contribution >= 0.6 is 0 Å². The molecule has 29 heavy (non-hydrogen) atoms. The van der Waals surface area contributed by atoms with Gasteiger partial charge in [0.15, 0.2) is 6.61 Å². The van der Waals surface area contributed by atoms with E-state index in [0.717, 1.165) is 0 Å². The molecule has 3 amide bonds. The van der Waals surface area contributed by atoms with Crippen LogP contribution in [0, 0.1) is 0 Å². The smallest absolute Gasteiger partial charge is 0.277 e. The summed E-state index contributed by atoms with van der Waals surface area (Å²) >= 11 is 0. The molecule has 0 spiro atoms. The number of benzene rings is 2. The second-order valence-electron chi connectivity index (χ2n) is 6.01. The molecule has 0 unspecified atom stereocenters. The average molecular weight is 398 g/mol. The van der Waals surface area contributed by atoms with E-state index < -0.39 is 11.8 Å². The van der Waals surface area contributed by atoms with Gasteiger partial charge in [-0.25, -0.2) is 5.43 Å². The van der Waals surface area contributed by atoms with E-state index in [-0.39, 0.29) is 18.9 Å². The van der Waals surface area contributed by atoms with Gasteiger partial charge in [0.1, 0.15) is 11.5 Å². The van der Waals surface area contributed by atoms with E-state index in [2.05, 4.69) is 15.8 Å². The maximum absolute atomic E-state index is 12.0. The fourth-order valence-corrected chi connectivity index (χ4v) is 2.21. The molecule has 0 saturated carbocycles. The van der Waals surface area contributed by atoms with Crippen molar-refractivity contribution in [1.82, 2.24) is 5.43 Å². The molecular weight excluding hydrogens is 376 g/mol. The second-order valence-corrected chi connectivity index (χ2v) is 6.01. The zero-order chi connectivity index (χ0) is 21.2.